The van der Waals surface area contributed by atoms with Gasteiger partial charge in [-0.25, -0.2) is 9.18 Å². The summed E-state index contributed by atoms with van der Waals surface area (Å²) in [6.07, 6.45) is -1.78. The first-order valence-electron chi connectivity index (χ1n) is 6.77. The maximum absolute atomic E-state index is 13.6. The Morgan fingerprint density at radius 3 is 2.67 bits per heavy atom. The number of alkyl halides is 1. The molecule has 1 amide bonds. The number of hydrogen-bond donors (Lipinski definition) is 0. The lowest BCUT2D eigenvalue weighted by atomic mass is 9.97. The number of rotatable bonds is 3. The summed E-state index contributed by atoms with van der Waals surface area (Å²) in [5, 5.41) is 0. The van der Waals surface area contributed by atoms with E-state index in [0.717, 1.165) is 5.56 Å². The van der Waals surface area contributed by atoms with Gasteiger partial charge in [0.2, 0.25) is 0 Å². The van der Waals surface area contributed by atoms with Crippen molar-refractivity contribution in [2.45, 2.75) is 19.2 Å². The van der Waals surface area contributed by atoms with E-state index in [1.165, 1.54) is 12.0 Å². The maximum Gasteiger partial charge on any atom is 0.410 e. The highest BCUT2D eigenvalue weighted by Gasteiger charge is 2.35. The van der Waals surface area contributed by atoms with Gasteiger partial charge in [-0.15, -0.1) is 0 Å². The third-order valence-corrected chi connectivity index (χ3v) is 3.40. The minimum Gasteiger partial charge on any atom is -0.469 e. The largest absolute Gasteiger partial charge is 0.469 e. The van der Waals surface area contributed by atoms with Crippen molar-refractivity contribution >= 4 is 12.1 Å². The van der Waals surface area contributed by atoms with Crippen LogP contribution < -0.4 is 0 Å². The zero-order chi connectivity index (χ0) is 15.2. The lowest BCUT2D eigenvalue weighted by Crippen LogP contribution is -2.47. The van der Waals surface area contributed by atoms with E-state index in [1.54, 1.807) is 0 Å². The van der Waals surface area contributed by atoms with Crippen molar-refractivity contribution in [3.63, 3.8) is 0 Å². The van der Waals surface area contributed by atoms with E-state index in [-0.39, 0.29) is 26.1 Å². The summed E-state index contributed by atoms with van der Waals surface area (Å²) in [7, 11) is 1.25. The van der Waals surface area contributed by atoms with Crippen LogP contribution >= 0.6 is 0 Å². The highest BCUT2D eigenvalue weighted by atomic mass is 19.1. The van der Waals surface area contributed by atoms with Crippen LogP contribution in [0.2, 0.25) is 0 Å². The molecule has 0 spiro atoms. The summed E-state index contributed by atoms with van der Waals surface area (Å²) >= 11 is 0. The Morgan fingerprint density at radius 1 is 1.29 bits per heavy atom. The highest BCUT2D eigenvalue weighted by molar-refractivity contribution is 5.74. The Balaban J connectivity index is 1.90. The highest BCUT2D eigenvalue weighted by Crippen LogP contribution is 2.21. The Kier molecular flexibility index (Phi) is 5.14. The molecular weight excluding hydrogens is 277 g/mol. The topological polar surface area (TPSA) is 55.8 Å². The van der Waals surface area contributed by atoms with Gasteiger partial charge >= 0.3 is 12.1 Å². The number of likely N-dealkylation sites (tertiary alicyclic amines) is 1. The van der Waals surface area contributed by atoms with Crippen molar-refractivity contribution in [3.05, 3.63) is 35.9 Å². The van der Waals surface area contributed by atoms with Crippen molar-refractivity contribution in [1.29, 1.82) is 0 Å². The molecule has 2 rings (SSSR count). The quantitative estimate of drug-likeness (QED) is 0.802. The van der Waals surface area contributed by atoms with Gasteiger partial charge in [-0.1, -0.05) is 30.3 Å². The molecule has 0 aliphatic carbocycles. The molecule has 0 saturated carbocycles. The minimum atomic E-state index is -1.24. The molecule has 1 saturated heterocycles. The molecule has 0 N–H and O–H groups in total. The van der Waals surface area contributed by atoms with Crippen LogP contribution in [0.5, 0.6) is 0 Å². The SMILES string of the molecule is COC(=O)[C@@H]1C[C@H](F)CN(C(=O)OCc2ccccc2)C1. The van der Waals surface area contributed by atoms with E-state index in [0.29, 0.717) is 0 Å². The number of esters is 1. The molecule has 0 bridgehead atoms. The molecule has 0 aromatic heterocycles. The molecule has 1 aromatic carbocycles. The monoisotopic (exact) mass is 295 g/mol. The summed E-state index contributed by atoms with van der Waals surface area (Å²) in [6, 6.07) is 9.21. The predicted octanol–water partition coefficient (Wildman–Crippen LogP) is 2.16. The van der Waals surface area contributed by atoms with E-state index >= 15 is 0 Å². The molecule has 1 heterocycles. The minimum absolute atomic E-state index is 0.0544. The predicted molar refractivity (Wildman–Crippen MR) is 73.2 cm³/mol. The number of methoxy groups -OCH3 is 1. The molecule has 114 valence electrons. The van der Waals surface area contributed by atoms with Crippen LogP contribution in [0.1, 0.15) is 12.0 Å². The summed E-state index contributed by atoms with van der Waals surface area (Å²) in [6.45, 7) is 0.192. The van der Waals surface area contributed by atoms with Gasteiger partial charge in [-0.2, -0.15) is 0 Å². The number of carbonyl (C=O) groups excluding carboxylic acids is 2. The molecule has 1 aliphatic rings. The van der Waals surface area contributed by atoms with Gasteiger partial charge in [0.05, 0.1) is 19.6 Å². The number of benzene rings is 1. The molecule has 1 fully saturated rings. The first-order chi connectivity index (χ1) is 10.1. The zero-order valence-corrected chi connectivity index (χ0v) is 11.8. The average Bonchev–Trinajstić information content (AvgIpc) is 2.52. The molecule has 1 aromatic rings. The van der Waals surface area contributed by atoms with Crippen LogP contribution in [0.4, 0.5) is 9.18 Å². The lowest BCUT2D eigenvalue weighted by Gasteiger charge is -2.32. The number of piperidine rings is 1. The number of ether oxygens (including phenoxy) is 2. The lowest BCUT2D eigenvalue weighted by molar-refractivity contribution is -0.148. The Bertz CT molecular complexity index is 494. The van der Waals surface area contributed by atoms with Gasteiger partial charge in [0.15, 0.2) is 0 Å². The van der Waals surface area contributed by atoms with Gasteiger partial charge < -0.3 is 14.4 Å². The van der Waals surface area contributed by atoms with Crippen LogP contribution in [0, 0.1) is 5.92 Å². The van der Waals surface area contributed by atoms with Gasteiger partial charge in [0.1, 0.15) is 12.8 Å². The standard InChI is InChI=1S/C15H18FNO4/c1-20-14(18)12-7-13(16)9-17(8-12)15(19)21-10-11-5-3-2-4-6-11/h2-6,12-13H,7-10H2,1H3/t12-,13+/m1/s1. The van der Waals surface area contributed by atoms with Crippen LogP contribution in [-0.2, 0) is 20.9 Å². The van der Waals surface area contributed by atoms with Crippen LogP contribution in [0.15, 0.2) is 30.3 Å². The smallest absolute Gasteiger partial charge is 0.410 e. The Morgan fingerprint density at radius 2 is 2.00 bits per heavy atom. The van der Waals surface area contributed by atoms with Gasteiger partial charge in [-0.3, -0.25) is 4.79 Å². The second kappa shape index (κ2) is 7.06. The zero-order valence-electron chi connectivity index (χ0n) is 11.8. The molecule has 5 nitrogen and oxygen atoms in total. The van der Waals surface area contributed by atoms with Crippen molar-refractivity contribution in [3.8, 4) is 0 Å². The summed E-state index contributed by atoms with van der Waals surface area (Å²) in [5.41, 5.74) is 0.851. The summed E-state index contributed by atoms with van der Waals surface area (Å²) < 4.78 is 23.4. The molecule has 21 heavy (non-hydrogen) atoms. The van der Waals surface area contributed by atoms with Crippen LogP contribution in [0.25, 0.3) is 0 Å². The molecule has 0 radical (unpaired) electrons. The Labute approximate surface area is 122 Å². The van der Waals surface area contributed by atoms with Gasteiger partial charge in [0, 0.05) is 6.54 Å². The third kappa shape index (κ3) is 4.18. The van der Waals surface area contributed by atoms with Crippen LogP contribution in [-0.4, -0.2) is 43.3 Å². The van der Waals surface area contributed by atoms with E-state index in [4.69, 9.17) is 4.74 Å². The van der Waals surface area contributed by atoms with E-state index in [1.807, 2.05) is 30.3 Å². The molecule has 2 atom stereocenters. The molecule has 0 unspecified atom stereocenters. The fraction of sp³-hybridized carbons (Fsp3) is 0.467. The first-order valence-corrected chi connectivity index (χ1v) is 6.77. The fourth-order valence-electron chi connectivity index (χ4n) is 2.33. The molecular formula is C15H18FNO4. The van der Waals surface area contributed by atoms with Crippen LogP contribution in [0.3, 0.4) is 0 Å². The first kappa shape index (κ1) is 15.3. The van der Waals surface area contributed by atoms with E-state index in [9.17, 15) is 14.0 Å². The maximum atomic E-state index is 13.6. The average molecular weight is 295 g/mol. The van der Waals surface area contributed by atoms with Crippen molar-refractivity contribution in [1.82, 2.24) is 4.90 Å². The van der Waals surface area contributed by atoms with Gasteiger partial charge in [-0.05, 0) is 12.0 Å². The number of hydrogen-bond acceptors (Lipinski definition) is 4. The number of nitrogens with zero attached hydrogens (tertiary/aromatic N) is 1. The summed E-state index contributed by atoms with van der Waals surface area (Å²) in [4.78, 5) is 24.7. The summed E-state index contributed by atoms with van der Waals surface area (Å²) in [5.74, 6) is -1.14. The van der Waals surface area contributed by atoms with Gasteiger partial charge in [0.25, 0.3) is 0 Å². The normalized spacial score (nSPS) is 21.7. The fourth-order valence-corrected chi connectivity index (χ4v) is 2.33. The number of carbonyl (C=O) groups is 2. The Hall–Kier alpha value is -2.11. The van der Waals surface area contributed by atoms with Crippen molar-refractivity contribution in [2.75, 3.05) is 20.2 Å². The second-order valence-corrected chi connectivity index (χ2v) is 5.00. The van der Waals surface area contributed by atoms with E-state index < -0.39 is 24.2 Å². The van der Waals surface area contributed by atoms with Crippen molar-refractivity contribution < 1.29 is 23.5 Å². The van der Waals surface area contributed by atoms with E-state index in [2.05, 4.69) is 4.74 Å². The third-order valence-electron chi connectivity index (χ3n) is 3.40. The number of amides is 1. The van der Waals surface area contributed by atoms with Crippen molar-refractivity contribution in [2.24, 2.45) is 5.92 Å². The molecule has 1 aliphatic heterocycles. The second-order valence-electron chi connectivity index (χ2n) is 5.00. The number of halogens is 1. The molecule has 6 heteroatoms.